The highest BCUT2D eigenvalue weighted by Crippen LogP contribution is 2.25. The molecule has 80 valence electrons. The molecule has 2 N–H and O–H groups in total. The number of nitroso groups, excluding NO2 is 1. The fourth-order valence-electron chi connectivity index (χ4n) is 1.11. The highest BCUT2D eigenvalue weighted by Gasteiger charge is 2.34. The van der Waals surface area contributed by atoms with Gasteiger partial charge in [0.15, 0.2) is 0 Å². The zero-order chi connectivity index (χ0) is 11.6. The number of carbonyl (C=O) groups is 1. The molecular formula is C9H8BrFN2O2. The van der Waals surface area contributed by atoms with Gasteiger partial charge in [-0.2, -0.15) is 0 Å². The van der Waals surface area contributed by atoms with E-state index in [0.717, 1.165) is 6.07 Å². The Morgan fingerprint density at radius 2 is 2.20 bits per heavy atom. The first-order valence-electron chi connectivity index (χ1n) is 4.01. The van der Waals surface area contributed by atoms with Crippen LogP contribution < -0.4 is 5.73 Å². The predicted octanol–water partition coefficient (Wildman–Crippen LogP) is 2.06. The molecule has 0 saturated carbocycles. The second-order valence-electron chi connectivity index (χ2n) is 3.22. The molecule has 0 aliphatic rings. The Balaban J connectivity index is 3.31. The van der Waals surface area contributed by atoms with Crippen LogP contribution in [0.2, 0.25) is 0 Å². The van der Waals surface area contributed by atoms with Crippen molar-refractivity contribution in [1.82, 2.24) is 0 Å². The lowest BCUT2D eigenvalue weighted by Crippen LogP contribution is -2.41. The number of nitrogens with zero attached hydrogens (tertiary/aromatic N) is 1. The van der Waals surface area contributed by atoms with Crippen LogP contribution in [0.25, 0.3) is 0 Å². The number of benzene rings is 1. The maximum atomic E-state index is 13.4. The number of nitrogens with two attached hydrogens (primary N) is 1. The molecule has 1 aromatic rings. The average molecular weight is 275 g/mol. The van der Waals surface area contributed by atoms with Crippen LogP contribution in [0.3, 0.4) is 0 Å². The lowest BCUT2D eigenvalue weighted by atomic mass is 9.92. The maximum Gasteiger partial charge on any atom is 0.310 e. The Kier molecular flexibility index (Phi) is 3.31. The first-order chi connectivity index (χ1) is 6.89. The van der Waals surface area contributed by atoms with Gasteiger partial charge in [0.2, 0.25) is 0 Å². The SMILES string of the molecule is CC(N)(C(=O)N=O)c1cc(Br)ccc1F. The summed E-state index contributed by atoms with van der Waals surface area (Å²) in [7, 11) is 0. The topological polar surface area (TPSA) is 72.5 Å². The van der Waals surface area contributed by atoms with Crippen molar-refractivity contribution in [3.05, 3.63) is 39.0 Å². The smallest absolute Gasteiger partial charge is 0.310 e. The summed E-state index contributed by atoms with van der Waals surface area (Å²) >= 11 is 3.12. The van der Waals surface area contributed by atoms with Gasteiger partial charge in [-0.25, -0.2) is 4.39 Å². The quantitative estimate of drug-likeness (QED) is 0.839. The van der Waals surface area contributed by atoms with Crippen LogP contribution in [-0.4, -0.2) is 5.91 Å². The fourth-order valence-corrected chi connectivity index (χ4v) is 1.47. The predicted molar refractivity (Wildman–Crippen MR) is 56.4 cm³/mol. The number of amides is 1. The number of hydrogen-bond acceptors (Lipinski definition) is 3. The van der Waals surface area contributed by atoms with Gasteiger partial charge >= 0.3 is 5.91 Å². The van der Waals surface area contributed by atoms with Crippen molar-refractivity contribution in [1.29, 1.82) is 0 Å². The van der Waals surface area contributed by atoms with Crippen LogP contribution in [0.4, 0.5) is 4.39 Å². The van der Waals surface area contributed by atoms with E-state index < -0.39 is 17.3 Å². The van der Waals surface area contributed by atoms with E-state index in [1.807, 2.05) is 0 Å². The van der Waals surface area contributed by atoms with E-state index >= 15 is 0 Å². The first-order valence-corrected chi connectivity index (χ1v) is 4.81. The highest BCUT2D eigenvalue weighted by molar-refractivity contribution is 9.10. The summed E-state index contributed by atoms with van der Waals surface area (Å²) in [5.74, 6) is -1.76. The van der Waals surface area contributed by atoms with Crippen LogP contribution >= 0.6 is 15.9 Å². The van der Waals surface area contributed by atoms with E-state index in [1.165, 1.54) is 19.1 Å². The third-order valence-electron chi connectivity index (χ3n) is 2.02. The Morgan fingerprint density at radius 3 is 2.73 bits per heavy atom. The van der Waals surface area contributed by atoms with Gasteiger partial charge in [-0.05, 0) is 25.1 Å². The molecule has 1 aromatic carbocycles. The maximum absolute atomic E-state index is 13.4. The molecule has 1 unspecified atom stereocenters. The molecular weight excluding hydrogens is 267 g/mol. The molecule has 0 spiro atoms. The zero-order valence-corrected chi connectivity index (χ0v) is 9.42. The van der Waals surface area contributed by atoms with Crippen molar-refractivity contribution >= 4 is 21.8 Å². The van der Waals surface area contributed by atoms with Gasteiger partial charge in [-0.15, -0.1) is 4.91 Å². The third-order valence-corrected chi connectivity index (χ3v) is 2.51. The molecule has 0 saturated heterocycles. The van der Waals surface area contributed by atoms with Gasteiger partial charge in [-0.1, -0.05) is 15.9 Å². The van der Waals surface area contributed by atoms with Gasteiger partial charge in [-0.3, -0.25) is 4.79 Å². The highest BCUT2D eigenvalue weighted by atomic mass is 79.9. The van der Waals surface area contributed by atoms with Crippen molar-refractivity contribution in [2.75, 3.05) is 0 Å². The minimum atomic E-state index is -1.74. The molecule has 1 rings (SSSR count). The molecule has 6 heteroatoms. The third kappa shape index (κ3) is 2.27. The molecule has 0 bridgehead atoms. The van der Waals surface area contributed by atoms with Crippen molar-refractivity contribution in [2.24, 2.45) is 10.9 Å². The Morgan fingerprint density at radius 1 is 1.60 bits per heavy atom. The van der Waals surface area contributed by atoms with E-state index in [4.69, 9.17) is 5.73 Å². The molecule has 0 aromatic heterocycles. The van der Waals surface area contributed by atoms with Crippen molar-refractivity contribution < 1.29 is 9.18 Å². The van der Waals surface area contributed by atoms with Crippen LogP contribution in [0.1, 0.15) is 12.5 Å². The Labute approximate surface area is 93.8 Å². The fraction of sp³-hybridized carbons (Fsp3) is 0.222. The molecule has 0 aliphatic carbocycles. The van der Waals surface area contributed by atoms with E-state index in [2.05, 4.69) is 21.1 Å². The van der Waals surface area contributed by atoms with E-state index in [1.54, 1.807) is 0 Å². The second-order valence-corrected chi connectivity index (χ2v) is 4.14. The molecule has 0 heterocycles. The van der Waals surface area contributed by atoms with Crippen molar-refractivity contribution in [2.45, 2.75) is 12.5 Å². The van der Waals surface area contributed by atoms with Crippen LogP contribution in [0.15, 0.2) is 27.8 Å². The lowest BCUT2D eigenvalue weighted by molar-refractivity contribution is -0.122. The standard InChI is InChI=1S/C9H8BrFN2O2/c1-9(12,8(14)13-15)6-4-5(10)2-3-7(6)11/h2-4H,12H2,1H3. The summed E-state index contributed by atoms with van der Waals surface area (Å²) in [5, 5.41) is 2.21. The number of hydrogen-bond donors (Lipinski definition) is 1. The number of halogens is 2. The largest absolute Gasteiger partial charge is 0.314 e. The summed E-state index contributed by atoms with van der Waals surface area (Å²) in [5.41, 5.74) is 3.75. The molecule has 0 radical (unpaired) electrons. The monoisotopic (exact) mass is 274 g/mol. The van der Waals surface area contributed by atoms with Gasteiger partial charge in [0.25, 0.3) is 0 Å². The summed E-state index contributed by atoms with van der Waals surface area (Å²) in [4.78, 5) is 21.2. The van der Waals surface area contributed by atoms with E-state index in [0.29, 0.717) is 4.47 Å². The minimum absolute atomic E-state index is 0.0681. The number of rotatable bonds is 2. The molecule has 4 nitrogen and oxygen atoms in total. The Hall–Kier alpha value is -1.14. The van der Waals surface area contributed by atoms with Gasteiger partial charge in [0, 0.05) is 15.2 Å². The normalized spacial score (nSPS) is 14.4. The van der Waals surface area contributed by atoms with Crippen LogP contribution in [0, 0.1) is 10.7 Å². The lowest BCUT2D eigenvalue weighted by Gasteiger charge is -2.20. The van der Waals surface area contributed by atoms with E-state index in [9.17, 15) is 14.1 Å². The molecule has 1 amide bonds. The van der Waals surface area contributed by atoms with E-state index in [-0.39, 0.29) is 5.56 Å². The summed E-state index contributed by atoms with van der Waals surface area (Å²) in [6.45, 7) is 1.24. The average Bonchev–Trinajstić information content (AvgIpc) is 2.20. The number of carbonyl (C=O) groups excluding carboxylic acids is 1. The zero-order valence-electron chi connectivity index (χ0n) is 7.83. The van der Waals surface area contributed by atoms with Gasteiger partial charge in [0.05, 0.1) is 0 Å². The van der Waals surface area contributed by atoms with Crippen LogP contribution in [0.5, 0.6) is 0 Å². The van der Waals surface area contributed by atoms with Crippen LogP contribution in [-0.2, 0) is 10.3 Å². The second kappa shape index (κ2) is 4.16. The summed E-state index contributed by atoms with van der Waals surface area (Å²) in [6.07, 6.45) is 0. The van der Waals surface area contributed by atoms with Crippen molar-refractivity contribution in [3.8, 4) is 0 Å². The molecule has 0 aliphatic heterocycles. The molecule has 0 fully saturated rings. The minimum Gasteiger partial charge on any atom is -0.314 e. The first kappa shape index (κ1) is 11.9. The molecule has 1 atom stereocenters. The van der Waals surface area contributed by atoms with Gasteiger partial charge in [0.1, 0.15) is 11.4 Å². The van der Waals surface area contributed by atoms with Crippen molar-refractivity contribution in [3.63, 3.8) is 0 Å². The molecule has 15 heavy (non-hydrogen) atoms. The van der Waals surface area contributed by atoms with Gasteiger partial charge < -0.3 is 5.73 Å². The summed E-state index contributed by atoms with van der Waals surface area (Å²) < 4.78 is 13.9. The summed E-state index contributed by atoms with van der Waals surface area (Å²) in [6, 6.07) is 3.97. The Bertz CT molecular complexity index is 421.